The minimum absolute atomic E-state index is 0.0333. The number of nitrogens with one attached hydrogen (secondary N) is 1. The predicted molar refractivity (Wildman–Crippen MR) is 120 cm³/mol. The Hall–Kier alpha value is -2.94. The summed E-state index contributed by atoms with van der Waals surface area (Å²) in [6, 6.07) is 17.1. The lowest BCUT2D eigenvalue weighted by atomic mass is 10.1. The van der Waals surface area contributed by atoms with Crippen molar-refractivity contribution in [3.8, 4) is 27.7 Å². The number of sulfonamides is 1. The molecule has 0 saturated carbocycles. The topological polar surface area (TPSA) is 81.2 Å². The Morgan fingerprint density at radius 2 is 1.90 bits per heavy atom. The van der Waals surface area contributed by atoms with Gasteiger partial charge in [0.15, 0.2) is 0 Å². The molecule has 0 radical (unpaired) electrons. The van der Waals surface area contributed by atoms with Crippen molar-refractivity contribution < 1.29 is 13.2 Å². The summed E-state index contributed by atoms with van der Waals surface area (Å²) in [7, 11) is -2.50. The number of aromatic nitrogens is 2. The van der Waals surface area contributed by atoms with Gasteiger partial charge in [0.25, 0.3) is 10.0 Å². The van der Waals surface area contributed by atoms with Crippen molar-refractivity contribution in [2.75, 3.05) is 11.8 Å². The molecule has 2 heterocycles. The fourth-order valence-electron chi connectivity index (χ4n) is 2.83. The number of ether oxygens (including phenoxy) is 1. The number of pyridine rings is 1. The van der Waals surface area contributed by atoms with Crippen molar-refractivity contribution >= 4 is 38.6 Å². The zero-order valence-corrected chi connectivity index (χ0v) is 18.1. The third-order valence-electron chi connectivity index (χ3n) is 4.21. The summed E-state index contributed by atoms with van der Waals surface area (Å²) in [5.74, 6) is 0.211. The highest BCUT2D eigenvalue weighted by atomic mass is 35.5. The minimum Gasteiger partial charge on any atom is -0.495 e. The Morgan fingerprint density at radius 3 is 2.67 bits per heavy atom. The van der Waals surface area contributed by atoms with Crippen LogP contribution in [0.15, 0.2) is 77.1 Å². The van der Waals surface area contributed by atoms with Gasteiger partial charge < -0.3 is 4.74 Å². The van der Waals surface area contributed by atoms with Crippen LogP contribution in [0, 0.1) is 0 Å². The van der Waals surface area contributed by atoms with E-state index < -0.39 is 10.0 Å². The van der Waals surface area contributed by atoms with Gasteiger partial charge in [-0.1, -0.05) is 29.8 Å². The number of methoxy groups -OCH3 is 1. The van der Waals surface area contributed by atoms with E-state index in [4.69, 9.17) is 16.3 Å². The third kappa shape index (κ3) is 4.30. The van der Waals surface area contributed by atoms with Crippen LogP contribution < -0.4 is 9.46 Å². The first kappa shape index (κ1) is 20.3. The van der Waals surface area contributed by atoms with Crippen molar-refractivity contribution in [3.63, 3.8) is 0 Å². The van der Waals surface area contributed by atoms with E-state index in [-0.39, 0.29) is 10.6 Å². The molecular weight excluding hydrogens is 442 g/mol. The van der Waals surface area contributed by atoms with Crippen LogP contribution in [0.2, 0.25) is 5.02 Å². The SMILES string of the molecule is COc1ccc(Cl)cc1S(=O)(=O)Nc1cccc(-c2csc(-c3ccccn3)n2)c1. The van der Waals surface area contributed by atoms with Gasteiger partial charge in [-0.15, -0.1) is 11.3 Å². The number of thiazole rings is 1. The lowest BCUT2D eigenvalue weighted by Gasteiger charge is -2.12. The first-order chi connectivity index (χ1) is 14.5. The monoisotopic (exact) mass is 457 g/mol. The van der Waals surface area contributed by atoms with Gasteiger partial charge in [0, 0.05) is 27.9 Å². The standard InChI is InChI=1S/C21H16ClN3O3S2/c1-28-19-9-8-15(22)12-20(19)30(26,27)25-16-6-4-5-14(11-16)18-13-29-21(24-18)17-7-2-3-10-23-17/h2-13,25H,1H3. The van der Waals surface area contributed by atoms with Gasteiger partial charge in [0.05, 0.1) is 18.5 Å². The average Bonchev–Trinajstić information content (AvgIpc) is 3.25. The van der Waals surface area contributed by atoms with Crippen molar-refractivity contribution in [2.24, 2.45) is 0 Å². The molecule has 6 nitrogen and oxygen atoms in total. The molecule has 2 aromatic carbocycles. The van der Waals surface area contributed by atoms with Crippen molar-refractivity contribution in [3.05, 3.63) is 77.3 Å². The summed E-state index contributed by atoms with van der Waals surface area (Å²) < 4.78 is 33.5. The molecule has 0 fully saturated rings. The highest BCUT2D eigenvalue weighted by Gasteiger charge is 2.20. The van der Waals surface area contributed by atoms with Gasteiger partial charge in [0.1, 0.15) is 15.7 Å². The molecule has 9 heteroatoms. The normalized spacial score (nSPS) is 11.3. The van der Waals surface area contributed by atoms with E-state index in [1.54, 1.807) is 30.5 Å². The van der Waals surface area contributed by atoms with Gasteiger partial charge >= 0.3 is 0 Å². The van der Waals surface area contributed by atoms with Crippen LogP contribution in [-0.2, 0) is 10.0 Å². The molecule has 0 aliphatic carbocycles. The molecule has 0 atom stereocenters. The van der Waals surface area contributed by atoms with Crippen molar-refractivity contribution in [2.45, 2.75) is 4.90 Å². The highest BCUT2D eigenvalue weighted by molar-refractivity contribution is 7.92. The highest BCUT2D eigenvalue weighted by Crippen LogP contribution is 2.31. The van der Waals surface area contributed by atoms with E-state index in [2.05, 4.69) is 14.7 Å². The molecule has 30 heavy (non-hydrogen) atoms. The zero-order valence-electron chi connectivity index (χ0n) is 15.7. The molecule has 4 rings (SSSR count). The smallest absolute Gasteiger partial charge is 0.265 e. The lowest BCUT2D eigenvalue weighted by Crippen LogP contribution is -2.14. The fraction of sp³-hybridized carbons (Fsp3) is 0.0476. The third-order valence-corrected chi connectivity index (χ3v) is 6.72. The largest absolute Gasteiger partial charge is 0.495 e. The Balaban J connectivity index is 1.63. The number of anilines is 1. The molecule has 0 saturated heterocycles. The van der Waals surface area contributed by atoms with Crippen LogP contribution >= 0.6 is 22.9 Å². The molecule has 0 amide bonds. The van der Waals surface area contributed by atoms with Gasteiger partial charge in [-0.05, 0) is 42.5 Å². The van der Waals surface area contributed by atoms with Gasteiger partial charge in [0.2, 0.25) is 0 Å². The first-order valence-corrected chi connectivity index (χ1v) is 11.5. The maximum Gasteiger partial charge on any atom is 0.265 e. The molecule has 152 valence electrons. The van der Waals surface area contributed by atoms with E-state index in [1.807, 2.05) is 29.6 Å². The minimum atomic E-state index is -3.90. The molecule has 0 aliphatic rings. The second-order valence-electron chi connectivity index (χ2n) is 6.23. The summed E-state index contributed by atoms with van der Waals surface area (Å²) in [5.41, 5.74) is 2.72. The average molecular weight is 458 g/mol. The molecule has 2 aromatic heterocycles. The summed E-state index contributed by atoms with van der Waals surface area (Å²) in [6.07, 6.45) is 1.72. The number of hydrogen-bond donors (Lipinski definition) is 1. The molecule has 1 N–H and O–H groups in total. The number of hydrogen-bond acceptors (Lipinski definition) is 6. The van der Waals surface area contributed by atoms with Crippen molar-refractivity contribution in [1.29, 1.82) is 0 Å². The Labute approximate surface area is 183 Å². The number of benzene rings is 2. The van der Waals surface area contributed by atoms with Gasteiger partial charge in [-0.25, -0.2) is 13.4 Å². The van der Waals surface area contributed by atoms with Crippen LogP contribution in [0.4, 0.5) is 5.69 Å². The van der Waals surface area contributed by atoms with Gasteiger partial charge in [-0.2, -0.15) is 0 Å². The van der Waals surface area contributed by atoms with Crippen LogP contribution in [0.1, 0.15) is 0 Å². The molecule has 0 spiro atoms. The lowest BCUT2D eigenvalue weighted by molar-refractivity contribution is 0.403. The molecule has 0 unspecified atom stereocenters. The van der Waals surface area contributed by atoms with Crippen LogP contribution in [0.5, 0.6) is 5.75 Å². The van der Waals surface area contributed by atoms with Gasteiger partial charge in [-0.3, -0.25) is 9.71 Å². The van der Waals surface area contributed by atoms with Crippen LogP contribution in [-0.4, -0.2) is 25.5 Å². The molecule has 0 bridgehead atoms. The van der Waals surface area contributed by atoms with E-state index in [0.29, 0.717) is 10.7 Å². The first-order valence-electron chi connectivity index (χ1n) is 8.80. The fourth-order valence-corrected chi connectivity index (χ4v) is 5.11. The summed E-state index contributed by atoms with van der Waals surface area (Å²) >= 11 is 7.46. The number of nitrogens with zero attached hydrogens (tertiary/aromatic N) is 2. The van der Waals surface area contributed by atoms with Crippen LogP contribution in [0.3, 0.4) is 0 Å². The maximum absolute atomic E-state index is 12.9. The summed E-state index contributed by atoms with van der Waals surface area (Å²) in [5, 5.41) is 3.01. The second kappa shape index (κ2) is 8.43. The molecular formula is C21H16ClN3O3S2. The number of halogens is 1. The predicted octanol–water partition coefficient (Wildman–Crippen LogP) is 5.33. The second-order valence-corrected chi connectivity index (χ2v) is 9.18. The Morgan fingerprint density at radius 1 is 1.03 bits per heavy atom. The Bertz CT molecular complexity index is 1290. The van der Waals surface area contributed by atoms with Crippen LogP contribution in [0.25, 0.3) is 22.0 Å². The molecule has 0 aliphatic heterocycles. The Kier molecular flexibility index (Phi) is 5.72. The van der Waals surface area contributed by atoms with E-state index in [9.17, 15) is 8.42 Å². The van der Waals surface area contributed by atoms with E-state index in [1.165, 1.54) is 30.6 Å². The maximum atomic E-state index is 12.9. The number of rotatable bonds is 6. The summed E-state index contributed by atoms with van der Waals surface area (Å²) in [4.78, 5) is 8.91. The van der Waals surface area contributed by atoms with E-state index in [0.717, 1.165) is 22.0 Å². The molecule has 4 aromatic rings. The van der Waals surface area contributed by atoms with E-state index >= 15 is 0 Å². The van der Waals surface area contributed by atoms with Crippen molar-refractivity contribution in [1.82, 2.24) is 9.97 Å². The zero-order chi connectivity index (χ0) is 21.1. The quantitative estimate of drug-likeness (QED) is 0.423. The summed E-state index contributed by atoms with van der Waals surface area (Å²) in [6.45, 7) is 0.